The van der Waals surface area contributed by atoms with Crippen LogP contribution in [-0.2, 0) is 13.2 Å². The van der Waals surface area contributed by atoms with Gasteiger partial charge in [0.1, 0.15) is 18.2 Å². The highest BCUT2D eigenvalue weighted by Crippen LogP contribution is 2.29. The van der Waals surface area contributed by atoms with Gasteiger partial charge in [-0.05, 0) is 36.8 Å². The van der Waals surface area contributed by atoms with Crippen molar-refractivity contribution in [3.05, 3.63) is 59.2 Å². The van der Waals surface area contributed by atoms with Gasteiger partial charge in [0.25, 0.3) is 0 Å². The number of halogens is 2. The van der Waals surface area contributed by atoms with Gasteiger partial charge in [-0.2, -0.15) is 0 Å². The number of rotatable bonds is 6. The van der Waals surface area contributed by atoms with Crippen LogP contribution in [0.15, 0.2) is 36.4 Å². The molecular weight excluding hydrogens is 278 g/mol. The van der Waals surface area contributed by atoms with Gasteiger partial charge >= 0.3 is 0 Å². The zero-order chi connectivity index (χ0) is 15.2. The van der Waals surface area contributed by atoms with Gasteiger partial charge < -0.3 is 14.6 Å². The summed E-state index contributed by atoms with van der Waals surface area (Å²) in [5.74, 6) is -0.502. The van der Waals surface area contributed by atoms with Gasteiger partial charge in [-0.25, -0.2) is 8.78 Å². The lowest BCUT2D eigenvalue weighted by atomic mass is 10.2. The minimum atomic E-state index is -0.653. The predicted octanol–water partition coefficient (Wildman–Crippen LogP) is 3.43. The molecule has 5 heteroatoms. The van der Waals surface area contributed by atoms with Crippen LogP contribution in [0.1, 0.15) is 18.1 Å². The Hall–Kier alpha value is -2.14. The highest BCUT2D eigenvalue weighted by molar-refractivity contribution is 5.43. The zero-order valence-electron chi connectivity index (χ0n) is 11.6. The minimum absolute atomic E-state index is 0.123. The Bertz CT molecular complexity index is 594. The highest BCUT2D eigenvalue weighted by atomic mass is 19.1. The van der Waals surface area contributed by atoms with Crippen LogP contribution in [0.2, 0.25) is 0 Å². The first-order valence-electron chi connectivity index (χ1n) is 6.58. The summed E-state index contributed by atoms with van der Waals surface area (Å²) in [4.78, 5) is 0. The molecule has 0 spiro atoms. The molecule has 0 fully saturated rings. The third-order valence-corrected chi connectivity index (χ3v) is 2.92. The predicted molar refractivity (Wildman–Crippen MR) is 74.2 cm³/mol. The molecule has 0 aliphatic carbocycles. The summed E-state index contributed by atoms with van der Waals surface area (Å²) in [5.41, 5.74) is 0.536. The summed E-state index contributed by atoms with van der Waals surface area (Å²) >= 11 is 0. The van der Waals surface area contributed by atoms with Crippen LogP contribution in [0.4, 0.5) is 8.78 Å². The molecule has 2 rings (SSSR count). The molecule has 21 heavy (non-hydrogen) atoms. The largest absolute Gasteiger partial charge is 0.490 e. The van der Waals surface area contributed by atoms with Gasteiger partial charge in [-0.1, -0.05) is 12.1 Å². The van der Waals surface area contributed by atoms with E-state index in [-0.39, 0.29) is 18.8 Å². The van der Waals surface area contributed by atoms with Crippen LogP contribution >= 0.6 is 0 Å². The van der Waals surface area contributed by atoms with Crippen molar-refractivity contribution >= 4 is 0 Å². The SMILES string of the molecule is CCOc1cc(CO)ccc1OCc1c(F)cccc1F. The van der Waals surface area contributed by atoms with Crippen LogP contribution < -0.4 is 9.47 Å². The quantitative estimate of drug-likeness (QED) is 0.887. The average Bonchev–Trinajstić information content (AvgIpc) is 2.48. The first kappa shape index (κ1) is 15.3. The Labute approximate surface area is 121 Å². The van der Waals surface area contributed by atoms with E-state index in [4.69, 9.17) is 14.6 Å². The van der Waals surface area contributed by atoms with Crippen molar-refractivity contribution in [3.8, 4) is 11.5 Å². The molecule has 2 aromatic carbocycles. The zero-order valence-corrected chi connectivity index (χ0v) is 11.6. The average molecular weight is 294 g/mol. The first-order valence-corrected chi connectivity index (χ1v) is 6.58. The van der Waals surface area contributed by atoms with E-state index in [1.165, 1.54) is 18.2 Å². The van der Waals surface area contributed by atoms with Crippen molar-refractivity contribution in [2.45, 2.75) is 20.1 Å². The third kappa shape index (κ3) is 3.70. The van der Waals surface area contributed by atoms with Crippen LogP contribution in [0, 0.1) is 11.6 Å². The molecule has 0 atom stereocenters. The Morgan fingerprint density at radius 2 is 1.71 bits per heavy atom. The van der Waals surface area contributed by atoms with E-state index in [0.29, 0.717) is 23.7 Å². The fourth-order valence-corrected chi connectivity index (χ4v) is 1.86. The number of aliphatic hydroxyl groups is 1. The molecule has 0 radical (unpaired) electrons. The van der Waals surface area contributed by atoms with E-state index in [9.17, 15) is 8.78 Å². The molecule has 0 aromatic heterocycles. The monoisotopic (exact) mass is 294 g/mol. The molecule has 0 heterocycles. The smallest absolute Gasteiger partial charge is 0.161 e. The Kier molecular flexibility index (Phi) is 5.11. The van der Waals surface area contributed by atoms with Crippen LogP contribution in [0.25, 0.3) is 0 Å². The summed E-state index contributed by atoms with van der Waals surface area (Å²) < 4.78 is 37.9. The maximum Gasteiger partial charge on any atom is 0.161 e. The summed E-state index contributed by atoms with van der Waals surface area (Å²) in [7, 11) is 0. The van der Waals surface area contributed by atoms with Crippen molar-refractivity contribution < 1.29 is 23.4 Å². The summed E-state index contributed by atoms with van der Waals surface area (Å²) in [6.07, 6.45) is 0. The number of benzene rings is 2. The summed E-state index contributed by atoms with van der Waals surface area (Å²) in [6, 6.07) is 8.57. The van der Waals surface area contributed by atoms with Gasteiger partial charge in [0.2, 0.25) is 0 Å². The van der Waals surface area contributed by atoms with E-state index in [1.807, 2.05) is 6.92 Å². The molecule has 0 saturated carbocycles. The maximum absolute atomic E-state index is 13.5. The molecule has 1 N–H and O–H groups in total. The van der Waals surface area contributed by atoms with Gasteiger partial charge in [-0.15, -0.1) is 0 Å². The molecule has 0 aliphatic heterocycles. The lowest BCUT2D eigenvalue weighted by molar-refractivity contribution is 0.258. The van der Waals surface area contributed by atoms with Crippen molar-refractivity contribution in [1.82, 2.24) is 0 Å². The van der Waals surface area contributed by atoms with E-state index >= 15 is 0 Å². The van der Waals surface area contributed by atoms with Crippen molar-refractivity contribution in [3.63, 3.8) is 0 Å². The normalized spacial score (nSPS) is 10.5. The fraction of sp³-hybridized carbons (Fsp3) is 0.250. The van der Waals surface area contributed by atoms with Gasteiger partial charge in [0.15, 0.2) is 11.5 Å². The fourth-order valence-electron chi connectivity index (χ4n) is 1.86. The van der Waals surface area contributed by atoms with Crippen molar-refractivity contribution in [2.24, 2.45) is 0 Å². The topological polar surface area (TPSA) is 38.7 Å². The Morgan fingerprint density at radius 3 is 2.33 bits per heavy atom. The van der Waals surface area contributed by atoms with E-state index in [0.717, 1.165) is 0 Å². The second-order valence-electron chi connectivity index (χ2n) is 4.36. The van der Waals surface area contributed by atoms with Crippen LogP contribution in [0.3, 0.4) is 0 Å². The van der Waals surface area contributed by atoms with E-state index in [2.05, 4.69) is 0 Å². The lowest BCUT2D eigenvalue weighted by Gasteiger charge is -2.13. The molecular formula is C16H16F2O3. The molecule has 0 bridgehead atoms. The highest BCUT2D eigenvalue weighted by Gasteiger charge is 2.11. The maximum atomic E-state index is 13.5. The number of hydrogen-bond acceptors (Lipinski definition) is 3. The number of aliphatic hydroxyl groups excluding tert-OH is 1. The molecule has 0 unspecified atom stereocenters. The molecule has 0 amide bonds. The summed E-state index contributed by atoms with van der Waals surface area (Å²) in [5, 5.41) is 9.11. The van der Waals surface area contributed by atoms with Gasteiger partial charge in [0, 0.05) is 0 Å². The van der Waals surface area contributed by atoms with Crippen molar-refractivity contribution in [2.75, 3.05) is 6.61 Å². The van der Waals surface area contributed by atoms with Gasteiger partial charge in [0.05, 0.1) is 18.8 Å². The number of hydrogen-bond donors (Lipinski definition) is 1. The molecule has 2 aromatic rings. The van der Waals surface area contributed by atoms with Gasteiger partial charge in [-0.3, -0.25) is 0 Å². The minimum Gasteiger partial charge on any atom is -0.490 e. The molecule has 3 nitrogen and oxygen atoms in total. The Morgan fingerprint density at radius 1 is 1.00 bits per heavy atom. The molecule has 0 saturated heterocycles. The van der Waals surface area contributed by atoms with Crippen LogP contribution in [0.5, 0.6) is 11.5 Å². The lowest BCUT2D eigenvalue weighted by Crippen LogP contribution is -2.04. The molecule has 112 valence electrons. The van der Waals surface area contributed by atoms with E-state index < -0.39 is 11.6 Å². The summed E-state index contributed by atoms with van der Waals surface area (Å²) in [6.45, 7) is 1.87. The van der Waals surface area contributed by atoms with E-state index in [1.54, 1.807) is 18.2 Å². The second kappa shape index (κ2) is 7.04. The number of ether oxygens (including phenoxy) is 2. The van der Waals surface area contributed by atoms with Crippen LogP contribution in [-0.4, -0.2) is 11.7 Å². The molecule has 0 aliphatic rings. The first-order chi connectivity index (χ1) is 10.2. The third-order valence-electron chi connectivity index (χ3n) is 2.92. The standard InChI is InChI=1S/C16H16F2O3/c1-2-20-16-8-11(9-19)6-7-15(16)21-10-12-13(17)4-3-5-14(12)18/h3-8,19H,2,9-10H2,1H3. The van der Waals surface area contributed by atoms with Crippen molar-refractivity contribution in [1.29, 1.82) is 0 Å². The Balaban J connectivity index is 2.19. The second-order valence-corrected chi connectivity index (χ2v) is 4.36.